The highest BCUT2D eigenvalue weighted by molar-refractivity contribution is 5.55. The molecule has 0 saturated heterocycles. The van der Waals surface area contributed by atoms with E-state index >= 15 is 0 Å². The highest BCUT2D eigenvalue weighted by Gasteiger charge is 2.85. The van der Waals surface area contributed by atoms with E-state index in [2.05, 4.69) is 19.4 Å². The maximum absolute atomic E-state index is 13.9. The Morgan fingerprint density at radius 2 is 1.14 bits per heavy atom. The highest BCUT2D eigenvalue weighted by Crippen LogP contribution is 2.56. The van der Waals surface area contributed by atoms with Gasteiger partial charge in [0.1, 0.15) is 19.0 Å². The molecule has 1 atom stereocenters. The minimum atomic E-state index is -7.96. The van der Waals surface area contributed by atoms with E-state index in [1.165, 1.54) is 41.4 Å². The number of benzene rings is 1. The van der Waals surface area contributed by atoms with Crippen molar-refractivity contribution in [1.82, 2.24) is 9.97 Å². The van der Waals surface area contributed by atoms with Gasteiger partial charge in [0, 0.05) is 18.0 Å². The van der Waals surface area contributed by atoms with Crippen LogP contribution >= 0.6 is 0 Å². The molecule has 0 amide bonds. The monoisotopic (exact) mass is 662 g/mol. The lowest BCUT2D eigenvalue weighted by Gasteiger charge is -2.36. The Labute approximate surface area is 228 Å². The quantitative estimate of drug-likeness (QED) is 0.190. The number of aromatic nitrogens is 2. The van der Waals surface area contributed by atoms with E-state index in [0.717, 1.165) is 0 Å². The van der Waals surface area contributed by atoms with Gasteiger partial charge < -0.3 is 9.47 Å². The fraction of sp³-hybridized carbons (Fsp3) is 0.524. The van der Waals surface area contributed by atoms with Crippen molar-refractivity contribution in [2.24, 2.45) is 0 Å². The van der Waals surface area contributed by atoms with Gasteiger partial charge in [-0.3, -0.25) is 0 Å². The maximum Gasteiger partial charge on any atom is 0.460 e. The second kappa shape index (κ2) is 12.5. The zero-order valence-electron chi connectivity index (χ0n) is 20.3. The summed E-state index contributed by atoms with van der Waals surface area (Å²) in [6.45, 7) is -4.85. The lowest BCUT2D eigenvalue weighted by molar-refractivity contribution is -0.543. The lowest BCUT2D eigenvalue weighted by Crippen LogP contribution is -2.64. The molecule has 0 fully saturated rings. The molecule has 0 aliphatic rings. The number of alkyl halides is 16. The summed E-state index contributed by atoms with van der Waals surface area (Å²) < 4.78 is 221. The Morgan fingerprint density at radius 3 is 1.65 bits per heavy atom. The summed E-state index contributed by atoms with van der Waals surface area (Å²) in [6.07, 6.45) is -34.8. The van der Waals surface area contributed by atoms with Crippen molar-refractivity contribution in [2.75, 3.05) is 19.8 Å². The van der Waals surface area contributed by atoms with Crippen LogP contribution in [0.1, 0.15) is 0 Å². The van der Waals surface area contributed by atoms with Gasteiger partial charge >= 0.3 is 42.5 Å². The molecule has 2 aromatic rings. The fourth-order valence-electron chi connectivity index (χ4n) is 2.61. The van der Waals surface area contributed by atoms with Crippen LogP contribution in [-0.4, -0.2) is 78.4 Å². The van der Waals surface area contributed by atoms with Gasteiger partial charge in [-0.15, -0.1) is 0 Å². The van der Waals surface area contributed by atoms with E-state index < -0.39 is 68.4 Å². The normalized spacial score (nSPS) is 15.0. The molecule has 0 saturated carbocycles. The Balaban J connectivity index is 1.93. The number of ether oxygens (including phenoxy) is 4. The van der Waals surface area contributed by atoms with Crippen molar-refractivity contribution in [1.29, 1.82) is 0 Å². The summed E-state index contributed by atoms with van der Waals surface area (Å²) in [7, 11) is 0. The Bertz CT molecular complexity index is 1180. The summed E-state index contributed by atoms with van der Waals surface area (Å²) in [5.74, 6) is -15.5. The summed E-state index contributed by atoms with van der Waals surface area (Å²) in [4.78, 5) is 7.92. The predicted molar refractivity (Wildman–Crippen MR) is 107 cm³/mol. The number of halogens is 16. The van der Waals surface area contributed by atoms with Gasteiger partial charge in [0.05, 0.1) is 6.61 Å². The van der Waals surface area contributed by atoms with Crippen molar-refractivity contribution in [3.8, 4) is 17.1 Å². The summed E-state index contributed by atoms with van der Waals surface area (Å²) in [5.41, 5.74) is 0.514. The van der Waals surface area contributed by atoms with Gasteiger partial charge in [0.15, 0.2) is 12.0 Å². The zero-order valence-corrected chi connectivity index (χ0v) is 20.3. The molecule has 244 valence electrons. The first-order valence-corrected chi connectivity index (χ1v) is 10.8. The molecule has 6 nitrogen and oxygen atoms in total. The molecule has 43 heavy (non-hydrogen) atoms. The van der Waals surface area contributed by atoms with E-state index in [9.17, 15) is 70.2 Å². The molecule has 22 heteroatoms. The second-order valence-electron chi connectivity index (χ2n) is 8.06. The van der Waals surface area contributed by atoms with Crippen LogP contribution in [0.5, 0.6) is 5.75 Å². The fourth-order valence-corrected chi connectivity index (χ4v) is 2.61. The van der Waals surface area contributed by atoms with E-state index in [1.807, 2.05) is 0 Å². The molecule has 1 aromatic heterocycles. The first-order chi connectivity index (χ1) is 19.4. The first-order valence-electron chi connectivity index (χ1n) is 10.8. The number of nitrogens with zero attached hydrogens (tertiary/aromatic N) is 2. The lowest BCUT2D eigenvalue weighted by atomic mass is 10.1. The van der Waals surface area contributed by atoms with Gasteiger partial charge in [-0.25, -0.2) is 23.8 Å². The molecule has 0 N–H and O–H groups in total. The van der Waals surface area contributed by atoms with Crippen LogP contribution in [0.25, 0.3) is 11.4 Å². The standard InChI is InChI=1S/C21H14F16N2O4/c22-12(9-41-13-4-2-11(3-5-13)14-38-6-1-7-39-14)8-40-10-15(23,24)42-20(34,35)21(36,37)43-19(32,33)17(27,28)16(25,26)18(29,30)31/h1-7,12H,8-10H2/t12-/m1/s1. The third-order valence-corrected chi connectivity index (χ3v) is 4.67. The average molecular weight is 662 g/mol. The average Bonchev–Trinajstić information content (AvgIpc) is 2.86. The van der Waals surface area contributed by atoms with Crippen LogP contribution in [-0.2, 0) is 14.2 Å². The largest absolute Gasteiger partial charge is 0.490 e. The van der Waals surface area contributed by atoms with Gasteiger partial charge in [0.2, 0.25) is 0 Å². The van der Waals surface area contributed by atoms with Crippen LogP contribution in [0.15, 0.2) is 42.7 Å². The van der Waals surface area contributed by atoms with Crippen LogP contribution in [0.3, 0.4) is 0 Å². The second-order valence-corrected chi connectivity index (χ2v) is 8.06. The maximum atomic E-state index is 13.9. The predicted octanol–water partition coefficient (Wildman–Crippen LogP) is 7.11. The molecule has 0 bridgehead atoms. The van der Waals surface area contributed by atoms with Crippen LogP contribution in [0.2, 0.25) is 0 Å². The van der Waals surface area contributed by atoms with E-state index in [0.29, 0.717) is 11.4 Å². The third-order valence-electron chi connectivity index (χ3n) is 4.67. The molecular weight excluding hydrogens is 648 g/mol. The number of hydrogen-bond donors (Lipinski definition) is 0. The zero-order chi connectivity index (χ0) is 33.1. The highest BCUT2D eigenvalue weighted by atomic mass is 19.4. The van der Waals surface area contributed by atoms with Crippen LogP contribution in [0.4, 0.5) is 70.2 Å². The molecule has 0 aliphatic carbocycles. The Kier molecular flexibility index (Phi) is 10.4. The van der Waals surface area contributed by atoms with Crippen molar-refractivity contribution in [3.63, 3.8) is 0 Å². The third kappa shape index (κ3) is 8.49. The van der Waals surface area contributed by atoms with E-state index in [-0.39, 0.29) is 5.75 Å². The van der Waals surface area contributed by atoms with E-state index in [4.69, 9.17) is 4.74 Å². The topological polar surface area (TPSA) is 62.7 Å². The van der Waals surface area contributed by atoms with Gasteiger partial charge in [-0.1, -0.05) is 0 Å². The molecule has 0 radical (unpaired) electrons. The summed E-state index contributed by atoms with van der Waals surface area (Å²) >= 11 is 0. The van der Waals surface area contributed by atoms with Crippen molar-refractivity contribution in [2.45, 2.75) is 48.6 Å². The van der Waals surface area contributed by atoms with Crippen LogP contribution in [0, 0.1) is 0 Å². The van der Waals surface area contributed by atoms with Crippen molar-refractivity contribution >= 4 is 0 Å². The molecule has 2 rings (SSSR count). The van der Waals surface area contributed by atoms with E-state index in [1.54, 1.807) is 6.07 Å². The number of hydrogen-bond acceptors (Lipinski definition) is 6. The SMILES string of the molecule is F[C@H](COCC(F)(F)OC(F)(F)C(F)(F)OC(F)(F)C(F)(F)C(F)(F)C(F)(F)F)COc1ccc(-c2ncccn2)cc1. The smallest absolute Gasteiger partial charge is 0.460 e. The molecular formula is C21H14F16N2O4. The minimum absolute atomic E-state index is 0.0215. The minimum Gasteiger partial charge on any atom is -0.490 e. The molecule has 1 aromatic carbocycles. The Morgan fingerprint density at radius 1 is 0.628 bits per heavy atom. The van der Waals surface area contributed by atoms with Gasteiger partial charge in [-0.2, -0.15) is 65.9 Å². The van der Waals surface area contributed by atoms with Gasteiger partial charge in [0.25, 0.3) is 0 Å². The summed E-state index contributed by atoms with van der Waals surface area (Å²) in [6, 6.07) is 7.07. The Hall–Kier alpha value is -3.14. The molecule has 0 aliphatic heterocycles. The van der Waals surface area contributed by atoms with Crippen molar-refractivity contribution in [3.05, 3.63) is 42.7 Å². The summed E-state index contributed by atoms with van der Waals surface area (Å²) in [5, 5.41) is 0. The molecule has 0 unspecified atom stereocenters. The molecule has 1 heterocycles. The first kappa shape index (κ1) is 36.1. The van der Waals surface area contributed by atoms with Crippen LogP contribution < -0.4 is 4.74 Å². The molecule has 0 spiro atoms. The van der Waals surface area contributed by atoms with Crippen molar-refractivity contribution < 1.29 is 89.2 Å². The number of rotatable bonds is 15. The van der Waals surface area contributed by atoms with Gasteiger partial charge in [-0.05, 0) is 30.3 Å².